The number of aliphatic hydroxyl groups excluding tert-OH is 2. The molecular weight excluding hydrogens is 240 g/mol. The first-order valence-electron chi connectivity index (χ1n) is 6.20. The molecule has 4 atom stereocenters. The van der Waals surface area contributed by atoms with Crippen molar-refractivity contribution in [1.29, 1.82) is 0 Å². The molecule has 106 valence electrons. The third-order valence-electron chi connectivity index (χ3n) is 3.15. The molecule has 0 radical (unpaired) electrons. The van der Waals surface area contributed by atoms with E-state index in [1.165, 1.54) is 0 Å². The van der Waals surface area contributed by atoms with Gasteiger partial charge in [-0.1, -0.05) is 0 Å². The Kier molecular flexibility index (Phi) is 3.70. The molecule has 18 heavy (non-hydrogen) atoms. The Hall–Kier alpha value is -0.240. The molecule has 0 amide bonds. The fraction of sp³-hybridized carbons (Fsp3) is 1.00. The molecule has 2 saturated heterocycles. The minimum absolute atomic E-state index is 0.206. The molecule has 0 bridgehead atoms. The van der Waals surface area contributed by atoms with Crippen LogP contribution in [-0.4, -0.2) is 59.4 Å². The summed E-state index contributed by atoms with van der Waals surface area (Å²) >= 11 is 0. The molecule has 6 heteroatoms. The SMILES string of the molecule is CC1(C)OCC([C@@H](O)C2OC(C)(C)OC2CO)O1. The lowest BCUT2D eigenvalue weighted by Crippen LogP contribution is -2.45. The van der Waals surface area contributed by atoms with Gasteiger partial charge in [-0.05, 0) is 27.7 Å². The second kappa shape index (κ2) is 4.70. The summed E-state index contributed by atoms with van der Waals surface area (Å²) in [6.07, 6.45) is -2.54. The van der Waals surface area contributed by atoms with E-state index in [2.05, 4.69) is 0 Å². The molecule has 0 aromatic heterocycles. The fourth-order valence-electron chi connectivity index (χ4n) is 2.39. The summed E-state index contributed by atoms with van der Waals surface area (Å²) in [6, 6.07) is 0. The van der Waals surface area contributed by atoms with Crippen LogP contribution in [-0.2, 0) is 18.9 Å². The molecule has 0 saturated carbocycles. The van der Waals surface area contributed by atoms with Crippen molar-refractivity contribution < 1.29 is 29.2 Å². The molecule has 2 fully saturated rings. The van der Waals surface area contributed by atoms with Gasteiger partial charge in [-0.25, -0.2) is 0 Å². The van der Waals surface area contributed by atoms with E-state index >= 15 is 0 Å². The molecule has 6 nitrogen and oxygen atoms in total. The Labute approximate surface area is 107 Å². The number of ether oxygens (including phenoxy) is 4. The van der Waals surface area contributed by atoms with E-state index in [9.17, 15) is 10.2 Å². The van der Waals surface area contributed by atoms with Crippen molar-refractivity contribution in [2.24, 2.45) is 0 Å². The monoisotopic (exact) mass is 262 g/mol. The van der Waals surface area contributed by atoms with E-state index in [4.69, 9.17) is 18.9 Å². The summed E-state index contributed by atoms with van der Waals surface area (Å²) in [7, 11) is 0. The van der Waals surface area contributed by atoms with Gasteiger partial charge in [-0.15, -0.1) is 0 Å². The Morgan fingerprint density at radius 1 is 1.11 bits per heavy atom. The molecular formula is C12H22O6. The molecule has 0 aromatic carbocycles. The maximum absolute atomic E-state index is 10.3. The zero-order valence-corrected chi connectivity index (χ0v) is 11.3. The predicted octanol–water partition coefficient (Wildman–Crippen LogP) is 0.0112. The zero-order valence-electron chi connectivity index (χ0n) is 11.3. The summed E-state index contributed by atoms with van der Waals surface area (Å²) in [5.74, 6) is -1.51. The highest BCUT2D eigenvalue weighted by Crippen LogP contribution is 2.33. The first-order valence-corrected chi connectivity index (χ1v) is 6.20. The first-order chi connectivity index (χ1) is 8.24. The minimum Gasteiger partial charge on any atom is -0.394 e. The van der Waals surface area contributed by atoms with Crippen molar-refractivity contribution in [2.45, 2.75) is 63.7 Å². The van der Waals surface area contributed by atoms with Gasteiger partial charge < -0.3 is 29.2 Å². The van der Waals surface area contributed by atoms with E-state index < -0.39 is 36.0 Å². The Morgan fingerprint density at radius 3 is 2.28 bits per heavy atom. The van der Waals surface area contributed by atoms with Crippen LogP contribution in [0.15, 0.2) is 0 Å². The van der Waals surface area contributed by atoms with Crippen LogP contribution in [0.2, 0.25) is 0 Å². The third kappa shape index (κ3) is 2.84. The third-order valence-corrected chi connectivity index (χ3v) is 3.15. The van der Waals surface area contributed by atoms with Crippen LogP contribution in [0.1, 0.15) is 27.7 Å². The molecule has 2 heterocycles. The van der Waals surface area contributed by atoms with Gasteiger partial charge in [0.25, 0.3) is 0 Å². The van der Waals surface area contributed by atoms with E-state index in [1.54, 1.807) is 27.7 Å². The summed E-state index contributed by atoms with van der Waals surface area (Å²) in [5, 5.41) is 19.6. The van der Waals surface area contributed by atoms with Gasteiger partial charge in [0.2, 0.25) is 0 Å². The molecule has 0 aromatic rings. The van der Waals surface area contributed by atoms with E-state index in [1.807, 2.05) is 0 Å². The average Bonchev–Trinajstić information content (AvgIpc) is 2.77. The lowest BCUT2D eigenvalue weighted by molar-refractivity contribution is -0.178. The Morgan fingerprint density at radius 2 is 1.78 bits per heavy atom. The van der Waals surface area contributed by atoms with E-state index in [0.717, 1.165) is 0 Å². The van der Waals surface area contributed by atoms with Crippen molar-refractivity contribution in [3.63, 3.8) is 0 Å². The highest BCUT2D eigenvalue weighted by molar-refractivity contribution is 4.91. The highest BCUT2D eigenvalue weighted by atomic mass is 16.8. The second-order valence-electron chi connectivity index (χ2n) is 5.68. The highest BCUT2D eigenvalue weighted by Gasteiger charge is 2.49. The quantitative estimate of drug-likeness (QED) is 0.746. The van der Waals surface area contributed by atoms with Crippen molar-refractivity contribution in [1.82, 2.24) is 0 Å². The van der Waals surface area contributed by atoms with Crippen molar-refractivity contribution in [2.75, 3.05) is 13.2 Å². The minimum atomic E-state index is -0.898. The van der Waals surface area contributed by atoms with Crippen LogP contribution in [0.4, 0.5) is 0 Å². The lowest BCUT2D eigenvalue weighted by atomic mass is 10.0. The molecule has 0 aliphatic carbocycles. The molecule has 2 rings (SSSR count). The zero-order chi connectivity index (χ0) is 13.6. The van der Waals surface area contributed by atoms with Crippen molar-refractivity contribution in [3.8, 4) is 0 Å². The van der Waals surface area contributed by atoms with Gasteiger partial charge in [0.1, 0.15) is 24.4 Å². The molecule has 2 aliphatic heterocycles. The smallest absolute Gasteiger partial charge is 0.164 e. The molecule has 3 unspecified atom stereocenters. The Bertz CT molecular complexity index is 303. The molecule has 2 aliphatic rings. The summed E-state index contributed by atoms with van der Waals surface area (Å²) in [6.45, 7) is 7.17. The van der Waals surface area contributed by atoms with Crippen molar-refractivity contribution >= 4 is 0 Å². The van der Waals surface area contributed by atoms with Crippen LogP contribution in [0, 0.1) is 0 Å². The maximum Gasteiger partial charge on any atom is 0.164 e. The summed E-state index contributed by atoms with van der Waals surface area (Å²) in [4.78, 5) is 0. The number of hydrogen-bond acceptors (Lipinski definition) is 6. The number of hydrogen-bond donors (Lipinski definition) is 2. The predicted molar refractivity (Wildman–Crippen MR) is 61.8 cm³/mol. The number of aliphatic hydroxyl groups is 2. The van der Waals surface area contributed by atoms with E-state index in [0.29, 0.717) is 6.61 Å². The largest absolute Gasteiger partial charge is 0.394 e. The standard InChI is InChI=1S/C12H22O6/c1-11(2)15-6-8(17-11)9(14)10-7(5-13)16-12(3,4)18-10/h7-10,13-14H,5-6H2,1-4H3/t7?,8?,9-,10?/m1/s1. The second-order valence-corrected chi connectivity index (χ2v) is 5.68. The van der Waals surface area contributed by atoms with Crippen LogP contribution < -0.4 is 0 Å². The summed E-state index contributed by atoms with van der Waals surface area (Å²) in [5.41, 5.74) is 0. The van der Waals surface area contributed by atoms with Gasteiger partial charge in [0.05, 0.1) is 13.2 Å². The van der Waals surface area contributed by atoms with Crippen LogP contribution in [0.3, 0.4) is 0 Å². The van der Waals surface area contributed by atoms with Crippen LogP contribution in [0.5, 0.6) is 0 Å². The van der Waals surface area contributed by atoms with Crippen LogP contribution in [0.25, 0.3) is 0 Å². The summed E-state index contributed by atoms with van der Waals surface area (Å²) < 4.78 is 22.1. The van der Waals surface area contributed by atoms with Gasteiger partial charge in [-0.2, -0.15) is 0 Å². The van der Waals surface area contributed by atoms with E-state index in [-0.39, 0.29) is 6.61 Å². The van der Waals surface area contributed by atoms with Crippen LogP contribution >= 0.6 is 0 Å². The average molecular weight is 262 g/mol. The number of rotatable bonds is 3. The lowest BCUT2D eigenvalue weighted by Gasteiger charge is -2.26. The first kappa shape index (κ1) is 14.2. The maximum atomic E-state index is 10.3. The van der Waals surface area contributed by atoms with Crippen molar-refractivity contribution in [3.05, 3.63) is 0 Å². The van der Waals surface area contributed by atoms with Gasteiger partial charge in [-0.3, -0.25) is 0 Å². The van der Waals surface area contributed by atoms with Gasteiger partial charge >= 0.3 is 0 Å². The van der Waals surface area contributed by atoms with Gasteiger partial charge in [0, 0.05) is 0 Å². The Balaban J connectivity index is 2.02. The fourth-order valence-corrected chi connectivity index (χ4v) is 2.39. The molecule has 0 spiro atoms. The molecule has 2 N–H and O–H groups in total. The van der Waals surface area contributed by atoms with Gasteiger partial charge in [0.15, 0.2) is 11.6 Å². The normalized spacial score (nSPS) is 40.0. The topological polar surface area (TPSA) is 77.4 Å².